The molecular weight excluding hydrogens is 477 g/mol. The summed E-state index contributed by atoms with van der Waals surface area (Å²) < 4.78 is 76.8. The lowest BCUT2D eigenvalue weighted by atomic mass is 10.0. The molecule has 0 heterocycles. The van der Waals surface area contributed by atoms with E-state index in [2.05, 4.69) is 25.0 Å². The van der Waals surface area contributed by atoms with Crippen LogP contribution in [0, 0.1) is 11.6 Å². The van der Waals surface area contributed by atoms with Crippen molar-refractivity contribution >= 4 is 20.1 Å². The zero-order valence-electron chi connectivity index (χ0n) is 19.0. The predicted octanol–water partition coefficient (Wildman–Crippen LogP) is 5.70. The summed E-state index contributed by atoms with van der Waals surface area (Å²) >= 11 is 0. The number of esters is 1. The van der Waals surface area contributed by atoms with Crippen molar-refractivity contribution in [1.29, 1.82) is 0 Å². The van der Waals surface area contributed by atoms with Crippen molar-refractivity contribution in [2.24, 2.45) is 0 Å². The molecule has 1 amide bonds. The Kier molecular flexibility index (Phi) is 9.19. The van der Waals surface area contributed by atoms with Crippen LogP contribution in [0.2, 0.25) is 25.7 Å². The Labute approximate surface area is 195 Å². The van der Waals surface area contributed by atoms with Crippen LogP contribution in [0.3, 0.4) is 0 Å². The topological polar surface area (TPSA) is 64.6 Å². The first-order valence-corrected chi connectivity index (χ1v) is 14.2. The fourth-order valence-electron chi connectivity index (χ4n) is 2.91. The maximum absolute atomic E-state index is 14.0. The average Bonchev–Trinajstić information content (AvgIpc) is 2.69. The van der Waals surface area contributed by atoms with E-state index in [-0.39, 0.29) is 18.8 Å². The zero-order valence-corrected chi connectivity index (χ0v) is 20.0. The Morgan fingerprint density at radius 2 is 1.56 bits per heavy atom. The number of rotatable bonds is 9. The molecule has 1 N–H and O–H groups in total. The molecule has 0 aliphatic rings. The van der Waals surface area contributed by atoms with E-state index in [0.29, 0.717) is 23.7 Å². The molecule has 1 atom stereocenters. The van der Waals surface area contributed by atoms with E-state index in [1.807, 2.05) is 0 Å². The zero-order chi connectivity index (χ0) is 25.5. The van der Waals surface area contributed by atoms with Gasteiger partial charge in [-0.3, -0.25) is 0 Å². The van der Waals surface area contributed by atoms with Crippen LogP contribution in [-0.4, -0.2) is 32.8 Å². The fourth-order valence-corrected chi connectivity index (χ4v) is 3.62. The fraction of sp³-hybridized carbons (Fsp3) is 0.391. The summed E-state index contributed by atoms with van der Waals surface area (Å²) in [5.74, 6) is -4.58. The largest absolute Gasteiger partial charge is 0.459 e. The van der Waals surface area contributed by atoms with Gasteiger partial charge in [-0.05, 0) is 29.3 Å². The third kappa shape index (κ3) is 8.77. The van der Waals surface area contributed by atoms with Gasteiger partial charge in [-0.25, -0.2) is 18.4 Å². The summed E-state index contributed by atoms with van der Waals surface area (Å²) in [4.78, 5) is 24.8. The maximum Gasteiger partial charge on any atom is 0.422 e. The van der Waals surface area contributed by atoms with Gasteiger partial charge < -0.3 is 14.8 Å². The van der Waals surface area contributed by atoms with Crippen LogP contribution in [0.15, 0.2) is 42.5 Å². The summed E-state index contributed by atoms with van der Waals surface area (Å²) in [6.07, 6.45) is -6.69. The van der Waals surface area contributed by atoms with E-state index in [4.69, 9.17) is 9.47 Å². The molecule has 34 heavy (non-hydrogen) atoms. The molecule has 0 aliphatic carbocycles. The third-order valence-electron chi connectivity index (χ3n) is 4.71. The quantitative estimate of drug-likeness (QED) is 0.271. The van der Waals surface area contributed by atoms with Crippen LogP contribution in [0.5, 0.6) is 0 Å². The van der Waals surface area contributed by atoms with Gasteiger partial charge in [-0.1, -0.05) is 50.0 Å². The first kappa shape index (κ1) is 27.3. The molecule has 1 unspecified atom stereocenters. The first-order chi connectivity index (χ1) is 15.8. The van der Waals surface area contributed by atoms with E-state index < -0.39 is 56.0 Å². The molecule has 0 aromatic heterocycles. The monoisotopic (exact) mass is 503 g/mol. The summed E-state index contributed by atoms with van der Waals surface area (Å²) in [6, 6.07) is 8.77. The molecule has 0 bridgehead atoms. The van der Waals surface area contributed by atoms with Gasteiger partial charge in [0.05, 0.1) is 6.61 Å². The average molecular weight is 504 g/mol. The molecule has 2 rings (SSSR count). The van der Waals surface area contributed by atoms with Gasteiger partial charge >= 0.3 is 18.2 Å². The maximum atomic E-state index is 14.0. The Bertz CT molecular complexity index is 970. The molecular formula is C23H26F5NO4Si. The second-order valence-electron chi connectivity index (χ2n) is 8.87. The van der Waals surface area contributed by atoms with Crippen molar-refractivity contribution in [1.82, 2.24) is 5.32 Å². The number of amides is 1. The van der Waals surface area contributed by atoms with Crippen molar-refractivity contribution in [2.45, 2.75) is 50.9 Å². The van der Waals surface area contributed by atoms with Crippen LogP contribution in [-0.2, 0) is 33.5 Å². The highest BCUT2D eigenvalue weighted by atomic mass is 28.3. The highest BCUT2D eigenvalue weighted by Gasteiger charge is 2.38. The Hall–Kier alpha value is -2.95. The molecule has 0 radical (unpaired) electrons. The van der Waals surface area contributed by atoms with Gasteiger partial charge in [0.25, 0.3) is 0 Å². The molecule has 0 fully saturated rings. The number of alkyl carbamates (subject to hydrolysis) is 1. The van der Waals surface area contributed by atoms with E-state index >= 15 is 0 Å². The minimum atomic E-state index is -5.22. The lowest BCUT2D eigenvalue weighted by Gasteiger charge is -2.20. The molecule has 2 aromatic rings. The van der Waals surface area contributed by atoms with Crippen molar-refractivity contribution in [2.75, 3.05) is 6.61 Å². The summed E-state index contributed by atoms with van der Waals surface area (Å²) in [6.45, 7) is 6.19. The standard InChI is InChI=1S/C23H26F5NO4Si/c1-34(2,3)10-9-32-22(31)29-19(21(30)33-14-15-7-5-4-6-8-15)13-16-11-17(24)20(18(25)12-16)23(26,27)28/h4-8,11-12,19H,9-10,13-14H2,1-3H3,(H,29,31). The molecule has 0 aliphatic heterocycles. The number of nitrogens with one attached hydrogen (secondary N) is 1. The molecule has 0 saturated carbocycles. The van der Waals surface area contributed by atoms with Gasteiger partial charge in [-0.2, -0.15) is 13.2 Å². The van der Waals surface area contributed by atoms with Gasteiger partial charge in [0.2, 0.25) is 0 Å². The van der Waals surface area contributed by atoms with Crippen molar-refractivity contribution in [3.05, 3.63) is 70.8 Å². The minimum Gasteiger partial charge on any atom is -0.459 e. The molecule has 0 saturated heterocycles. The number of hydrogen-bond acceptors (Lipinski definition) is 4. The number of alkyl halides is 3. The van der Waals surface area contributed by atoms with Crippen LogP contribution < -0.4 is 5.32 Å². The summed E-state index contributed by atoms with van der Waals surface area (Å²) in [5, 5.41) is 2.28. The van der Waals surface area contributed by atoms with Crippen LogP contribution in [0.1, 0.15) is 16.7 Å². The van der Waals surface area contributed by atoms with Gasteiger partial charge in [-0.15, -0.1) is 0 Å². The molecule has 2 aromatic carbocycles. The summed E-state index contributed by atoms with van der Waals surface area (Å²) in [5.41, 5.74) is -1.65. The van der Waals surface area contributed by atoms with Crippen molar-refractivity contribution in [3.63, 3.8) is 0 Å². The Morgan fingerprint density at radius 3 is 2.09 bits per heavy atom. The van der Waals surface area contributed by atoms with E-state index in [1.54, 1.807) is 30.3 Å². The third-order valence-corrected chi connectivity index (χ3v) is 6.42. The number of carbonyl (C=O) groups excluding carboxylic acids is 2. The highest BCUT2D eigenvalue weighted by molar-refractivity contribution is 6.76. The van der Waals surface area contributed by atoms with Gasteiger partial charge in [0, 0.05) is 14.5 Å². The number of halogens is 5. The first-order valence-electron chi connectivity index (χ1n) is 10.5. The van der Waals surface area contributed by atoms with Crippen LogP contribution >= 0.6 is 0 Å². The van der Waals surface area contributed by atoms with Gasteiger partial charge in [0.15, 0.2) is 0 Å². The minimum absolute atomic E-state index is 0.108. The molecule has 5 nitrogen and oxygen atoms in total. The smallest absolute Gasteiger partial charge is 0.422 e. The molecule has 11 heteroatoms. The van der Waals surface area contributed by atoms with E-state index in [9.17, 15) is 31.5 Å². The van der Waals surface area contributed by atoms with Gasteiger partial charge in [0.1, 0.15) is 29.8 Å². The molecule has 0 spiro atoms. The SMILES string of the molecule is C[Si](C)(C)CCOC(=O)NC(Cc1cc(F)c(C(F)(F)F)c(F)c1)C(=O)OCc1ccccc1. The van der Waals surface area contributed by atoms with E-state index in [0.717, 1.165) is 0 Å². The van der Waals surface area contributed by atoms with Crippen molar-refractivity contribution in [3.8, 4) is 0 Å². The second-order valence-corrected chi connectivity index (χ2v) is 14.5. The lowest BCUT2D eigenvalue weighted by Crippen LogP contribution is -2.44. The van der Waals surface area contributed by atoms with E-state index in [1.165, 1.54) is 0 Å². The highest BCUT2D eigenvalue weighted by Crippen LogP contribution is 2.34. The lowest BCUT2D eigenvalue weighted by molar-refractivity contribution is -0.147. The molecule has 186 valence electrons. The number of ether oxygens (including phenoxy) is 2. The predicted molar refractivity (Wildman–Crippen MR) is 118 cm³/mol. The number of hydrogen-bond donors (Lipinski definition) is 1. The number of benzene rings is 2. The summed E-state index contributed by atoms with van der Waals surface area (Å²) in [7, 11) is -1.50. The normalized spacial score (nSPS) is 12.7. The number of carbonyl (C=O) groups is 2. The Balaban J connectivity index is 2.17. The van der Waals surface area contributed by atoms with Crippen LogP contribution in [0.25, 0.3) is 0 Å². The van der Waals surface area contributed by atoms with Crippen LogP contribution in [0.4, 0.5) is 26.7 Å². The Morgan fingerprint density at radius 1 is 0.971 bits per heavy atom. The van der Waals surface area contributed by atoms with Crippen molar-refractivity contribution < 1.29 is 41.0 Å². The second kappa shape index (κ2) is 11.5.